The SMILES string of the molecule is Cn1c(=O)c2ccccc2n2c(CNc3ccccc3OCC(F)(F)F)nnc12. The van der Waals surface area contributed by atoms with Crippen molar-refractivity contribution >= 4 is 22.4 Å². The quantitative estimate of drug-likeness (QED) is 0.554. The van der Waals surface area contributed by atoms with Gasteiger partial charge in [0.2, 0.25) is 5.78 Å². The van der Waals surface area contributed by atoms with Crippen LogP contribution in [0.15, 0.2) is 53.3 Å². The lowest BCUT2D eigenvalue weighted by molar-refractivity contribution is -0.153. The third-order valence-corrected chi connectivity index (χ3v) is 4.41. The summed E-state index contributed by atoms with van der Waals surface area (Å²) in [7, 11) is 1.61. The number of anilines is 1. The average molecular weight is 403 g/mol. The molecule has 0 radical (unpaired) electrons. The van der Waals surface area contributed by atoms with Gasteiger partial charge in [-0.3, -0.25) is 13.8 Å². The number of alkyl halides is 3. The van der Waals surface area contributed by atoms with Crippen molar-refractivity contribution in [2.75, 3.05) is 11.9 Å². The molecule has 0 aliphatic rings. The van der Waals surface area contributed by atoms with Crippen LogP contribution in [-0.4, -0.2) is 31.9 Å². The van der Waals surface area contributed by atoms with Crippen LogP contribution in [0.5, 0.6) is 5.75 Å². The molecule has 4 rings (SSSR count). The van der Waals surface area contributed by atoms with Gasteiger partial charge < -0.3 is 10.1 Å². The number of fused-ring (bicyclic) bond motifs is 3. The maximum Gasteiger partial charge on any atom is 0.422 e. The van der Waals surface area contributed by atoms with E-state index in [0.717, 1.165) is 0 Å². The van der Waals surface area contributed by atoms with E-state index in [-0.39, 0.29) is 17.9 Å². The second-order valence-corrected chi connectivity index (χ2v) is 6.39. The van der Waals surface area contributed by atoms with E-state index >= 15 is 0 Å². The molecule has 0 aliphatic heterocycles. The van der Waals surface area contributed by atoms with Crippen molar-refractivity contribution in [3.8, 4) is 5.75 Å². The number of hydrogen-bond acceptors (Lipinski definition) is 5. The van der Waals surface area contributed by atoms with E-state index in [1.54, 1.807) is 53.9 Å². The van der Waals surface area contributed by atoms with Gasteiger partial charge in [-0.1, -0.05) is 24.3 Å². The van der Waals surface area contributed by atoms with E-state index in [1.807, 2.05) is 0 Å². The second kappa shape index (κ2) is 7.12. The van der Waals surface area contributed by atoms with Crippen molar-refractivity contribution in [2.24, 2.45) is 7.05 Å². The van der Waals surface area contributed by atoms with Crippen molar-refractivity contribution in [2.45, 2.75) is 12.7 Å². The molecule has 7 nitrogen and oxygen atoms in total. The first-order chi connectivity index (χ1) is 13.8. The molecule has 1 N–H and O–H groups in total. The predicted octanol–water partition coefficient (Wildman–Crippen LogP) is 3.13. The highest BCUT2D eigenvalue weighted by molar-refractivity contribution is 5.80. The summed E-state index contributed by atoms with van der Waals surface area (Å²) >= 11 is 0. The van der Waals surface area contributed by atoms with E-state index in [4.69, 9.17) is 4.74 Å². The molecular weight excluding hydrogens is 387 g/mol. The van der Waals surface area contributed by atoms with Crippen molar-refractivity contribution in [3.63, 3.8) is 0 Å². The fourth-order valence-electron chi connectivity index (χ4n) is 3.08. The standard InChI is InChI=1S/C19H16F3N5O2/c1-26-17(28)12-6-2-4-8-14(12)27-16(24-25-18(26)27)10-23-13-7-3-5-9-15(13)29-11-19(20,21)22/h2-9,23H,10-11H2,1H3. The van der Waals surface area contributed by atoms with Gasteiger partial charge in [-0.2, -0.15) is 13.2 Å². The summed E-state index contributed by atoms with van der Waals surface area (Å²) in [6.07, 6.45) is -4.43. The van der Waals surface area contributed by atoms with Gasteiger partial charge in [-0.15, -0.1) is 10.2 Å². The zero-order valence-electron chi connectivity index (χ0n) is 15.3. The van der Waals surface area contributed by atoms with Gasteiger partial charge in [-0.05, 0) is 24.3 Å². The highest BCUT2D eigenvalue weighted by Crippen LogP contribution is 2.27. The van der Waals surface area contributed by atoms with E-state index in [1.165, 1.54) is 10.6 Å². The Bertz CT molecular complexity index is 1250. The number of rotatable bonds is 5. The molecular formula is C19H16F3N5O2. The van der Waals surface area contributed by atoms with Crippen LogP contribution in [-0.2, 0) is 13.6 Å². The first-order valence-electron chi connectivity index (χ1n) is 8.69. The number of aromatic nitrogens is 4. The zero-order chi connectivity index (χ0) is 20.6. The monoisotopic (exact) mass is 403 g/mol. The van der Waals surface area contributed by atoms with Gasteiger partial charge in [0.25, 0.3) is 5.56 Å². The van der Waals surface area contributed by atoms with E-state index in [9.17, 15) is 18.0 Å². The third kappa shape index (κ3) is 3.60. The molecule has 0 saturated heterocycles. The number of nitrogens with zero attached hydrogens (tertiary/aromatic N) is 4. The summed E-state index contributed by atoms with van der Waals surface area (Å²) < 4.78 is 45.5. The van der Waals surface area contributed by atoms with Crippen molar-refractivity contribution in [1.82, 2.24) is 19.2 Å². The topological polar surface area (TPSA) is 73.5 Å². The number of nitrogens with one attached hydrogen (secondary N) is 1. The molecule has 0 spiro atoms. The minimum absolute atomic E-state index is 0.0795. The Morgan fingerprint density at radius 2 is 1.79 bits per heavy atom. The smallest absolute Gasteiger partial charge is 0.422 e. The summed E-state index contributed by atoms with van der Waals surface area (Å²) in [5.41, 5.74) is 0.850. The maximum absolute atomic E-state index is 12.5. The highest BCUT2D eigenvalue weighted by Gasteiger charge is 2.28. The van der Waals surface area contributed by atoms with Gasteiger partial charge in [0.1, 0.15) is 5.75 Å². The first-order valence-corrected chi connectivity index (χ1v) is 8.69. The third-order valence-electron chi connectivity index (χ3n) is 4.41. The van der Waals surface area contributed by atoms with E-state index in [2.05, 4.69) is 15.5 Å². The maximum atomic E-state index is 12.5. The molecule has 2 heterocycles. The number of halogens is 3. The normalized spacial score (nSPS) is 11.9. The molecule has 0 fully saturated rings. The minimum atomic E-state index is -4.43. The Balaban J connectivity index is 1.68. The summed E-state index contributed by atoms with van der Waals surface area (Å²) in [5.74, 6) is 0.945. The van der Waals surface area contributed by atoms with E-state index < -0.39 is 12.8 Å². The summed E-state index contributed by atoms with van der Waals surface area (Å²) in [6.45, 7) is -1.22. The lowest BCUT2D eigenvalue weighted by Gasteiger charge is -2.14. The molecule has 0 unspecified atom stereocenters. The Morgan fingerprint density at radius 1 is 1.07 bits per heavy atom. The molecule has 29 heavy (non-hydrogen) atoms. The lowest BCUT2D eigenvalue weighted by Crippen LogP contribution is -2.21. The Labute approximate surface area is 162 Å². The largest absolute Gasteiger partial charge is 0.482 e. The second-order valence-electron chi connectivity index (χ2n) is 6.39. The zero-order valence-corrected chi connectivity index (χ0v) is 15.3. The first kappa shape index (κ1) is 18.8. The predicted molar refractivity (Wildman–Crippen MR) is 101 cm³/mol. The average Bonchev–Trinajstić information content (AvgIpc) is 3.13. The molecule has 0 bridgehead atoms. The van der Waals surface area contributed by atoms with Gasteiger partial charge in [0.15, 0.2) is 12.4 Å². The van der Waals surface area contributed by atoms with Gasteiger partial charge in [0.05, 0.1) is 23.1 Å². The van der Waals surface area contributed by atoms with Gasteiger partial charge in [0, 0.05) is 7.05 Å². The molecule has 10 heteroatoms. The summed E-state index contributed by atoms with van der Waals surface area (Å²) in [5, 5.41) is 11.8. The van der Waals surface area contributed by atoms with Crippen LogP contribution in [0.25, 0.3) is 16.7 Å². The molecule has 150 valence electrons. The van der Waals surface area contributed by atoms with Gasteiger partial charge in [-0.25, -0.2) is 0 Å². The number of benzene rings is 2. The van der Waals surface area contributed by atoms with Crippen molar-refractivity contribution in [3.05, 3.63) is 64.7 Å². The van der Waals surface area contributed by atoms with Crippen molar-refractivity contribution < 1.29 is 17.9 Å². The number of aryl methyl sites for hydroxylation is 1. The summed E-state index contributed by atoms with van der Waals surface area (Å²) in [4.78, 5) is 12.5. The number of ether oxygens (including phenoxy) is 1. The van der Waals surface area contributed by atoms with Crippen LogP contribution in [0.1, 0.15) is 5.82 Å². The minimum Gasteiger partial charge on any atom is -0.482 e. The van der Waals surface area contributed by atoms with Crippen LogP contribution in [0, 0.1) is 0 Å². The molecule has 2 aromatic carbocycles. The number of para-hydroxylation sites is 3. The van der Waals surface area contributed by atoms with Crippen LogP contribution >= 0.6 is 0 Å². The molecule has 4 aromatic rings. The van der Waals surface area contributed by atoms with Gasteiger partial charge >= 0.3 is 6.18 Å². The van der Waals surface area contributed by atoms with Crippen LogP contribution in [0.4, 0.5) is 18.9 Å². The Hall–Kier alpha value is -3.56. The van der Waals surface area contributed by atoms with Crippen molar-refractivity contribution in [1.29, 1.82) is 0 Å². The summed E-state index contributed by atoms with van der Waals surface area (Å²) in [6, 6.07) is 13.4. The number of hydrogen-bond donors (Lipinski definition) is 1. The van der Waals surface area contributed by atoms with Crippen LogP contribution in [0.3, 0.4) is 0 Å². The molecule has 0 amide bonds. The fraction of sp³-hybridized carbons (Fsp3) is 0.211. The molecule has 0 aliphatic carbocycles. The van der Waals surface area contributed by atoms with E-state index in [0.29, 0.717) is 28.2 Å². The Kier molecular flexibility index (Phi) is 4.61. The lowest BCUT2D eigenvalue weighted by atomic mass is 10.2. The molecule has 0 saturated carbocycles. The highest BCUT2D eigenvalue weighted by atomic mass is 19.4. The Morgan fingerprint density at radius 3 is 2.59 bits per heavy atom. The fourth-order valence-corrected chi connectivity index (χ4v) is 3.08. The molecule has 2 aromatic heterocycles. The van der Waals surface area contributed by atoms with Crippen LogP contribution in [0.2, 0.25) is 0 Å². The van der Waals surface area contributed by atoms with Crippen LogP contribution < -0.4 is 15.6 Å². The molecule has 0 atom stereocenters.